The third kappa shape index (κ3) is 3.90. The summed E-state index contributed by atoms with van der Waals surface area (Å²) in [6.45, 7) is 0.268. The lowest BCUT2D eigenvalue weighted by atomic mass is 9.90. The van der Waals surface area contributed by atoms with Gasteiger partial charge in [0.05, 0.1) is 17.4 Å². The van der Waals surface area contributed by atoms with Crippen LogP contribution in [0, 0.1) is 5.82 Å². The van der Waals surface area contributed by atoms with E-state index in [0.29, 0.717) is 10.9 Å². The first-order valence-corrected chi connectivity index (χ1v) is 9.60. The van der Waals surface area contributed by atoms with Crippen LogP contribution in [0.5, 0.6) is 0 Å². The van der Waals surface area contributed by atoms with Gasteiger partial charge in [-0.05, 0) is 38.7 Å². The Hall–Kier alpha value is -2.72. The fourth-order valence-electron chi connectivity index (χ4n) is 3.87. The van der Waals surface area contributed by atoms with Crippen LogP contribution in [-0.2, 0) is 11.3 Å². The van der Waals surface area contributed by atoms with Crippen molar-refractivity contribution in [3.63, 3.8) is 0 Å². The highest BCUT2D eigenvalue weighted by Gasteiger charge is 2.39. The number of rotatable bonds is 6. The third-order valence-corrected chi connectivity index (χ3v) is 5.50. The second-order valence-electron chi connectivity index (χ2n) is 7.07. The number of hydrogen-bond donors (Lipinski definition) is 3. The molecule has 2 unspecified atom stereocenters. The quantitative estimate of drug-likeness (QED) is 0.599. The Kier molecular flexibility index (Phi) is 5.76. The fraction of sp³-hybridized carbons (Fsp3) is 0.316. The Morgan fingerprint density at radius 3 is 2.59 bits per heavy atom. The maximum Gasteiger partial charge on any atom is 0.339 e. The van der Waals surface area contributed by atoms with Crippen LogP contribution in [0.4, 0.5) is 15.8 Å². The lowest BCUT2D eigenvalue weighted by molar-refractivity contribution is -0.123. The van der Waals surface area contributed by atoms with E-state index >= 15 is 0 Å². The van der Waals surface area contributed by atoms with Gasteiger partial charge >= 0.3 is 5.97 Å². The minimum atomic E-state index is -1.29. The molecule has 154 valence electrons. The van der Waals surface area contributed by atoms with Crippen LogP contribution in [0.3, 0.4) is 0 Å². The summed E-state index contributed by atoms with van der Waals surface area (Å²) in [5, 5.41) is 12.6. The predicted octanol–water partition coefficient (Wildman–Crippen LogP) is 2.09. The molecule has 2 atom stereocenters. The molecule has 2 heterocycles. The van der Waals surface area contributed by atoms with E-state index in [0.717, 1.165) is 6.07 Å². The van der Waals surface area contributed by atoms with Crippen molar-refractivity contribution in [2.75, 3.05) is 19.4 Å². The number of nitrogens with one attached hydrogen (secondary N) is 1. The van der Waals surface area contributed by atoms with Crippen molar-refractivity contribution in [2.45, 2.75) is 24.9 Å². The molecule has 29 heavy (non-hydrogen) atoms. The second-order valence-corrected chi connectivity index (χ2v) is 7.98. The first kappa shape index (κ1) is 21.0. The van der Waals surface area contributed by atoms with E-state index < -0.39 is 35.2 Å². The summed E-state index contributed by atoms with van der Waals surface area (Å²) in [6.07, 6.45) is 0.386. The van der Waals surface area contributed by atoms with Gasteiger partial charge in [-0.3, -0.25) is 14.5 Å². The topological polar surface area (TPSA) is 118 Å². The number of hydrogen-bond acceptors (Lipinski definition) is 5. The molecule has 1 aliphatic rings. The zero-order chi connectivity index (χ0) is 21.5. The number of carbonyl (C=O) groups excluding carboxylic acids is 1. The number of carboxylic acid groups (broad SMARTS) is 1. The molecule has 8 nitrogen and oxygen atoms in total. The number of primary amides is 1. The van der Waals surface area contributed by atoms with Crippen LogP contribution in [-0.4, -0.2) is 46.6 Å². The molecule has 1 aromatic carbocycles. The first-order valence-electron chi connectivity index (χ1n) is 8.80. The Bertz CT molecular complexity index is 1050. The maximum atomic E-state index is 14.3. The van der Waals surface area contributed by atoms with Crippen LogP contribution >= 0.6 is 15.9 Å². The van der Waals surface area contributed by atoms with Crippen molar-refractivity contribution in [1.29, 1.82) is 0 Å². The summed E-state index contributed by atoms with van der Waals surface area (Å²) in [5.74, 6) is -3.11. The number of anilines is 2. The van der Waals surface area contributed by atoms with Crippen molar-refractivity contribution in [3.05, 3.63) is 56.2 Å². The molecule has 0 aliphatic carbocycles. The van der Waals surface area contributed by atoms with Gasteiger partial charge in [0.15, 0.2) is 0 Å². The number of aromatic nitrogens is 1. The molecule has 1 aliphatic heterocycles. The summed E-state index contributed by atoms with van der Waals surface area (Å²) in [6, 6.07) is 4.58. The first-order chi connectivity index (χ1) is 13.6. The van der Waals surface area contributed by atoms with Crippen LogP contribution in [0.15, 0.2) is 33.5 Å². The monoisotopic (exact) mass is 466 g/mol. The molecule has 10 heteroatoms. The minimum absolute atomic E-state index is 0.0219. The number of aromatic carboxylic acids is 1. The third-order valence-electron chi connectivity index (χ3n) is 5.01. The number of carboxylic acids is 1. The average molecular weight is 467 g/mol. The predicted molar refractivity (Wildman–Crippen MR) is 109 cm³/mol. The van der Waals surface area contributed by atoms with Crippen molar-refractivity contribution in [1.82, 2.24) is 9.47 Å². The van der Waals surface area contributed by atoms with Gasteiger partial charge in [0.2, 0.25) is 5.91 Å². The molecule has 0 bridgehead atoms. The number of halogens is 2. The van der Waals surface area contributed by atoms with Crippen molar-refractivity contribution in [2.24, 2.45) is 5.73 Å². The normalized spacial score (nSPS) is 16.5. The van der Waals surface area contributed by atoms with Gasteiger partial charge in [0.1, 0.15) is 11.4 Å². The van der Waals surface area contributed by atoms with Gasteiger partial charge in [0, 0.05) is 28.7 Å². The molecule has 0 saturated carbocycles. The molecular formula is C19H20BrFN4O4. The molecule has 0 radical (unpaired) electrons. The minimum Gasteiger partial charge on any atom is -0.478 e. The zero-order valence-corrected chi connectivity index (χ0v) is 17.4. The van der Waals surface area contributed by atoms with Gasteiger partial charge in [-0.25, -0.2) is 9.18 Å². The maximum absolute atomic E-state index is 14.3. The van der Waals surface area contributed by atoms with Crippen LogP contribution in [0.1, 0.15) is 28.4 Å². The standard InChI is InChI=1S/C19H20BrFN4O4/c1-24(2)17(18(22)27)10-5-6-25-14(26)8-13(15(16(10)25)19(28)29)23-12-4-3-9(20)7-11(12)21/h3-4,7-8,10,17,23H,5-6H2,1-2H3,(H2,22,27)(H,28,29). The summed E-state index contributed by atoms with van der Waals surface area (Å²) in [5.41, 5.74) is 5.13. The van der Waals surface area contributed by atoms with Gasteiger partial charge in [-0.1, -0.05) is 15.9 Å². The van der Waals surface area contributed by atoms with Crippen LogP contribution in [0.2, 0.25) is 0 Å². The van der Waals surface area contributed by atoms with Crippen molar-refractivity contribution in [3.8, 4) is 0 Å². The highest BCUT2D eigenvalue weighted by molar-refractivity contribution is 9.10. The molecule has 2 aromatic rings. The zero-order valence-electron chi connectivity index (χ0n) is 15.8. The van der Waals surface area contributed by atoms with Crippen molar-refractivity contribution >= 4 is 39.2 Å². The highest BCUT2D eigenvalue weighted by Crippen LogP contribution is 2.37. The number of nitrogens with zero attached hydrogens (tertiary/aromatic N) is 2. The average Bonchev–Trinajstić information content (AvgIpc) is 3.01. The van der Waals surface area contributed by atoms with Gasteiger partial charge in [-0.2, -0.15) is 0 Å². The van der Waals surface area contributed by atoms with E-state index in [2.05, 4.69) is 21.2 Å². The van der Waals surface area contributed by atoms with Gasteiger partial charge in [0.25, 0.3) is 5.56 Å². The lowest BCUT2D eigenvalue weighted by Gasteiger charge is -2.28. The second kappa shape index (κ2) is 7.96. The number of benzene rings is 1. The lowest BCUT2D eigenvalue weighted by Crippen LogP contribution is -2.45. The van der Waals surface area contributed by atoms with E-state index in [-0.39, 0.29) is 29.2 Å². The molecule has 0 saturated heterocycles. The highest BCUT2D eigenvalue weighted by atomic mass is 79.9. The number of pyridine rings is 1. The number of likely N-dealkylation sites (N-methyl/N-ethyl adjacent to an activating group) is 1. The molecule has 1 aromatic heterocycles. The molecule has 0 fully saturated rings. The summed E-state index contributed by atoms with van der Waals surface area (Å²) >= 11 is 3.16. The van der Waals surface area contributed by atoms with Crippen LogP contribution < -0.4 is 16.6 Å². The number of carbonyl (C=O) groups is 2. The van der Waals surface area contributed by atoms with E-state index in [1.165, 1.54) is 16.7 Å². The smallest absolute Gasteiger partial charge is 0.339 e. The Morgan fingerprint density at radius 2 is 2.03 bits per heavy atom. The molecular weight excluding hydrogens is 447 g/mol. The summed E-state index contributed by atoms with van der Waals surface area (Å²) in [7, 11) is 3.33. The molecule has 3 rings (SSSR count). The van der Waals surface area contributed by atoms with E-state index in [1.54, 1.807) is 25.1 Å². The van der Waals surface area contributed by atoms with E-state index in [9.17, 15) is 23.9 Å². The SMILES string of the molecule is CN(C)C(C(N)=O)C1CCn2c1c(C(=O)O)c(Nc1ccc(Br)cc1F)cc2=O. The molecule has 0 spiro atoms. The van der Waals surface area contributed by atoms with Crippen LogP contribution in [0.25, 0.3) is 0 Å². The number of amides is 1. The Morgan fingerprint density at radius 1 is 1.34 bits per heavy atom. The molecule has 1 amide bonds. The van der Waals surface area contributed by atoms with Crippen molar-refractivity contribution < 1.29 is 19.1 Å². The van der Waals surface area contributed by atoms with E-state index in [1.807, 2.05) is 0 Å². The largest absolute Gasteiger partial charge is 0.478 e. The Balaban J connectivity index is 2.19. The van der Waals surface area contributed by atoms with Gasteiger partial charge in [-0.15, -0.1) is 0 Å². The Labute approximate surface area is 174 Å². The summed E-state index contributed by atoms with van der Waals surface area (Å²) < 4.78 is 16.1. The fourth-order valence-corrected chi connectivity index (χ4v) is 4.20. The number of nitrogens with two attached hydrogens (primary N) is 1. The van der Waals surface area contributed by atoms with Gasteiger partial charge < -0.3 is 20.7 Å². The summed E-state index contributed by atoms with van der Waals surface area (Å²) in [4.78, 5) is 38.4. The number of fused-ring (bicyclic) bond motifs is 1. The van der Waals surface area contributed by atoms with E-state index in [4.69, 9.17) is 5.73 Å². The molecule has 4 N–H and O–H groups in total.